The second-order valence-electron chi connectivity index (χ2n) is 3.10. The van der Waals surface area contributed by atoms with Crippen molar-refractivity contribution in [3.8, 4) is 5.75 Å². The molecule has 17 heavy (non-hydrogen) atoms. The van der Waals surface area contributed by atoms with Crippen molar-refractivity contribution in [3.63, 3.8) is 0 Å². The Morgan fingerprint density at radius 1 is 1.41 bits per heavy atom. The summed E-state index contributed by atoms with van der Waals surface area (Å²) in [6.07, 6.45) is 0. The van der Waals surface area contributed by atoms with E-state index < -0.39 is 17.7 Å². The number of carbonyl (C=O) groups is 2. The van der Waals surface area contributed by atoms with Crippen LogP contribution >= 0.6 is 0 Å². The standard InChI is InChI=1S/C11H12FNO4/c1-2-16-10(14)6-17-7-3-4-8(11(13)15)9(12)5-7/h3-5H,2,6H2,1H3,(H2,13,15). The van der Waals surface area contributed by atoms with Crippen molar-refractivity contribution in [2.24, 2.45) is 5.73 Å². The number of halogens is 1. The molecule has 0 saturated carbocycles. The summed E-state index contributed by atoms with van der Waals surface area (Å²) in [5.74, 6) is -2.08. The largest absolute Gasteiger partial charge is 0.482 e. The van der Waals surface area contributed by atoms with Crippen molar-refractivity contribution in [1.29, 1.82) is 0 Å². The van der Waals surface area contributed by atoms with Gasteiger partial charge in [-0.15, -0.1) is 0 Å². The highest BCUT2D eigenvalue weighted by molar-refractivity contribution is 5.93. The molecule has 0 aromatic heterocycles. The van der Waals surface area contributed by atoms with Crippen LogP contribution in [-0.4, -0.2) is 25.1 Å². The molecular weight excluding hydrogens is 229 g/mol. The molecule has 1 aromatic carbocycles. The van der Waals surface area contributed by atoms with Crippen LogP contribution in [0, 0.1) is 5.82 Å². The number of hydrogen-bond acceptors (Lipinski definition) is 4. The Hall–Kier alpha value is -2.11. The van der Waals surface area contributed by atoms with E-state index in [2.05, 4.69) is 4.74 Å². The fourth-order valence-corrected chi connectivity index (χ4v) is 1.13. The normalized spacial score (nSPS) is 9.76. The molecule has 1 aromatic rings. The first kappa shape index (κ1) is 13.0. The minimum atomic E-state index is -0.862. The maximum atomic E-state index is 13.3. The number of benzene rings is 1. The van der Waals surface area contributed by atoms with Crippen LogP contribution in [-0.2, 0) is 9.53 Å². The summed E-state index contributed by atoms with van der Waals surface area (Å²) in [7, 11) is 0. The summed E-state index contributed by atoms with van der Waals surface area (Å²) in [5, 5.41) is 0. The third-order valence-electron chi connectivity index (χ3n) is 1.87. The van der Waals surface area contributed by atoms with E-state index in [1.807, 2.05) is 0 Å². The smallest absolute Gasteiger partial charge is 0.344 e. The van der Waals surface area contributed by atoms with Gasteiger partial charge in [-0.3, -0.25) is 4.79 Å². The molecule has 0 heterocycles. The van der Waals surface area contributed by atoms with E-state index in [0.717, 1.165) is 6.07 Å². The quantitative estimate of drug-likeness (QED) is 0.776. The lowest BCUT2D eigenvalue weighted by Gasteiger charge is -2.06. The summed E-state index contributed by atoms with van der Waals surface area (Å²) < 4.78 is 22.9. The van der Waals surface area contributed by atoms with Gasteiger partial charge in [-0.05, 0) is 19.1 Å². The van der Waals surface area contributed by atoms with Gasteiger partial charge in [0.1, 0.15) is 11.6 Å². The Labute approximate surface area is 97.3 Å². The van der Waals surface area contributed by atoms with Crippen molar-refractivity contribution in [2.75, 3.05) is 13.2 Å². The molecule has 0 aliphatic carbocycles. The van der Waals surface area contributed by atoms with E-state index in [-0.39, 0.29) is 24.5 Å². The number of amides is 1. The molecule has 0 saturated heterocycles. The lowest BCUT2D eigenvalue weighted by atomic mass is 10.2. The van der Waals surface area contributed by atoms with Crippen molar-refractivity contribution in [1.82, 2.24) is 0 Å². The van der Waals surface area contributed by atoms with Gasteiger partial charge < -0.3 is 15.2 Å². The topological polar surface area (TPSA) is 78.6 Å². The minimum Gasteiger partial charge on any atom is -0.482 e. The number of hydrogen-bond donors (Lipinski definition) is 1. The molecule has 0 fully saturated rings. The second-order valence-corrected chi connectivity index (χ2v) is 3.10. The molecule has 0 atom stereocenters. The first-order valence-electron chi connectivity index (χ1n) is 4.92. The maximum Gasteiger partial charge on any atom is 0.344 e. The average molecular weight is 241 g/mol. The van der Waals surface area contributed by atoms with Gasteiger partial charge in [-0.25, -0.2) is 9.18 Å². The highest BCUT2D eigenvalue weighted by atomic mass is 19.1. The van der Waals surface area contributed by atoms with Crippen molar-refractivity contribution >= 4 is 11.9 Å². The Bertz CT molecular complexity index is 433. The van der Waals surface area contributed by atoms with Crippen LogP contribution < -0.4 is 10.5 Å². The SMILES string of the molecule is CCOC(=O)COc1ccc(C(N)=O)c(F)c1. The summed E-state index contributed by atoms with van der Waals surface area (Å²) in [6.45, 7) is 1.60. The van der Waals surface area contributed by atoms with Crippen LogP contribution in [0.25, 0.3) is 0 Å². The molecule has 92 valence electrons. The molecule has 0 unspecified atom stereocenters. The lowest BCUT2D eigenvalue weighted by molar-refractivity contribution is -0.145. The number of nitrogens with two attached hydrogens (primary N) is 1. The number of rotatable bonds is 5. The van der Waals surface area contributed by atoms with Gasteiger partial charge in [0.2, 0.25) is 0 Å². The first-order chi connectivity index (χ1) is 8.04. The minimum absolute atomic E-state index is 0.126. The number of primary amides is 1. The molecular formula is C11H12FNO4. The van der Waals surface area contributed by atoms with E-state index in [9.17, 15) is 14.0 Å². The predicted molar refractivity (Wildman–Crippen MR) is 57.0 cm³/mol. The average Bonchev–Trinajstić information content (AvgIpc) is 2.26. The molecule has 0 aliphatic rings. The zero-order valence-corrected chi connectivity index (χ0v) is 9.23. The van der Waals surface area contributed by atoms with Gasteiger partial charge in [0.15, 0.2) is 6.61 Å². The van der Waals surface area contributed by atoms with E-state index in [1.54, 1.807) is 6.92 Å². The summed E-state index contributed by atoms with van der Waals surface area (Å²) in [4.78, 5) is 21.7. The third kappa shape index (κ3) is 3.75. The number of esters is 1. The Kier molecular flexibility index (Phi) is 4.45. The first-order valence-corrected chi connectivity index (χ1v) is 4.92. The van der Waals surface area contributed by atoms with Gasteiger partial charge in [-0.1, -0.05) is 0 Å². The van der Waals surface area contributed by atoms with Gasteiger partial charge in [0.25, 0.3) is 5.91 Å². The third-order valence-corrected chi connectivity index (χ3v) is 1.87. The summed E-state index contributed by atoms with van der Waals surface area (Å²) >= 11 is 0. The fraction of sp³-hybridized carbons (Fsp3) is 0.273. The molecule has 1 rings (SSSR count). The molecule has 0 aliphatic heterocycles. The Balaban J connectivity index is 2.65. The fourth-order valence-electron chi connectivity index (χ4n) is 1.13. The molecule has 1 amide bonds. The van der Waals surface area contributed by atoms with E-state index >= 15 is 0 Å². The van der Waals surface area contributed by atoms with E-state index in [1.165, 1.54) is 12.1 Å². The van der Waals surface area contributed by atoms with Crippen molar-refractivity contribution in [3.05, 3.63) is 29.6 Å². The lowest BCUT2D eigenvalue weighted by Crippen LogP contribution is -2.15. The van der Waals surface area contributed by atoms with Crippen molar-refractivity contribution in [2.45, 2.75) is 6.92 Å². The zero-order valence-electron chi connectivity index (χ0n) is 9.23. The van der Waals surface area contributed by atoms with Crippen LogP contribution in [0.3, 0.4) is 0 Å². The molecule has 0 bridgehead atoms. The molecule has 2 N–H and O–H groups in total. The maximum absolute atomic E-state index is 13.3. The van der Waals surface area contributed by atoms with E-state index in [0.29, 0.717) is 0 Å². The molecule has 6 heteroatoms. The van der Waals surface area contributed by atoms with Crippen LogP contribution in [0.4, 0.5) is 4.39 Å². The molecule has 0 radical (unpaired) electrons. The van der Waals surface area contributed by atoms with E-state index in [4.69, 9.17) is 10.5 Å². The highest BCUT2D eigenvalue weighted by Gasteiger charge is 2.10. The summed E-state index contributed by atoms with van der Waals surface area (Å²) in [5.41, 5.74) is 4.70. The van der Waals surface area contributed by atoms with Crippen LogP contribution in [0.2, 0.25) is 0 Å². The second kappa shape index (κ2) is 5.83. The molecule has 0 spiro atoms. The van der Waals surface area contributed by atoms with Gasteiger partial charge in [-0.2, -0.15) is 0 Å². The van der Waals surface area contributed by atoms with Crippen LogP contribution in [0.5, 0.6) is 5.75 Å². The number of carbonyl (C=O) groups excluding carboxylic acids is 2. The Morgan fingerprint density at radius 2 is 2.12 bits per heavy atom. The van der Waals surface area contributed by atoms with Crippen molar-refractivity contribution < 1.29 is 23.5 Å². The van der Waals surface area contributed by atoms with Crippen LogP contribution in [0.15, 0.2) is 18.2 Å². The summed E-state index contributed by atoms with van der Waals surface area (Å²) in [6, 6.07) is 3.53. The monoisotopic (exact) mass is 241 g/mol. The van der Waals surface area contributed by atoms with Gasteiger partial charge >= 0.3 is 5.97 Å². The number of ether oxygens (including phenoxy) is 2. The zero-order chi connectivity index (χ0) is 12.8. The van der Waals surface area contributed by atoms with Crippen LogP contribution in [0.1, 0.15) is 17.3 Å². The Morgan fingerprint density at radius 3 is 2.65 bits per heavy atom. The van der Waals surface area contributed by atoms with Gasteiger partial charge in [0.05, 0.1) is 12.2 Å². The molecule has 5 nitrogen and oxygen atoms in total. The highest BCUT2D eigenvalue weighted by Crippen LogP contribution is 2.16. The van der Waals surface area contributed by atoms with Gasteiger partial charge in [0, 0.05) is 6.07 Å². The predicted octanol–water partition coefficient (Wildman–Crippen LogP) is 0.867.